The number of anilines is 1. The van der Waals surface area contributed by atoms with E-state index < -0.39 is 5.91 Å². The van der Waals surface area contributed by atoms with Crippen molar-refractivity contribution in [3.05, 3.63) is 71.8 Å². The molecule has 1 fully saturated rings. The summed E-state index contributed by atoms with van der Waals surface area (Å²) in [5, 5.41) is 11.7. The molecule has 1 aliphatic heterocycles. The molecule has 1 saturated heterocycles. The third kappa shape index (κ3) is 4.29. The molecule has 1 aliphatic rings. The maximum atomic E-state index is 12.3. The van der Waals surface area contributed by atoms with Crippen LogP contribution in [0.3, 0.4) is 0 Å². The number of hydrogen-bond acceptors (Lipinski definition) is 4. The van der Waals surface area contributed by atoms with Gasteiger partial charge < -0.3 is 10.2 Å². The largest absolute Gasteiger partial charge is 0.369 e. The molecule has 2 amide bonds. The van der Waals surface area contributed by atoms with Gasteiger partial charge in [0, 0.05) is 36.5 Å². The SMILES string of the molecule is O=C(C=Cc1ccccc1N1CCC(NC(=O)c2ccccc2)C1)NO. The first-order valence-corrected chi connectivity index (χ1v) is 8.49. The van der Waals surface area contributed by atoms with Gasteiger partial charge in [0.15, 0.2) is 0 Å². The van der Waals surface area contributed by atoms with E-state index in [0.717, 1.165) is 24.2 Å². The van der Waals surface area contributed by atoms with Gasteiger partial charge in [-0.2, -0.15) is 0 Å². The molecular formula is C20H21N3O3. The van der Waals surface area contributed by atoms with E-state index in [0.29, 0.717) is 12.1 Å². The third-order valence-electron chi connectivity index (χ3n) is 4.36. The van der Waals surface area contributed by atoms with Crippen LogP contribution in [0.4, 0.5) is 5.69 Å². The van der Waals surface area contributed by atoms with Crippen molar-refractivity contribution in [1.29, 1.82) is 0 Å². The lowest BCUT2D eigenvalue weighted by molar-refractivity contribution is -0.124. The number of nitrogens with zero attached hydrogens (tertiary/aromatic N) is 1. The molecule has 3 N–H and O–H groups in total. The van der Waals surface area contributed by atoms with Gasteiger partial charge in [-0.25, -0.2) is 5.48 Å². The summed E-state index contributed by atoms with van der Waals surface area (Å²) in [7, 11) is 0. The van der Waals surface area contributed by atoms with Crippen molar-refractivity contribution < 1.29 is 14.8 Å². The van der Waals surface area contributed by atoms with E-state index in [4.69, 9.17) is 5.21 Å². The summed E-state index contributed by atoms with van der Waals surface area (Å²) >= 11 is 0. The van der Waals surface area contributed by atoms with Gasteiger partial charge >= 0.3 is 0 Å². The number of benzene rings is 2. The number of hydrogen-bond donors (Lipinski definition) is 3. The first-order chi connectivity index (χ1) is 12.7. The van der Waals surface area contributed by atoms with Crippen LogP contribution in [0.2, 0.25) is 0 Å². The zero-order valence-electron chi connectivity index (χ0n) is 14.3. The van der Waals surface area contributed by atoms with Gasteiger partial charge in [-0.3, -0.25) is 14.8 Å². The molecule has 0 aromatic heterocycles. The van der Waals surface area contributed by atoms with Crippen molar-refractivity contribution in [3.63, 3.8) is 0 Å². The lowest BCUT2D eigenvalue weighted by Gasteiger charge is -2.21. The van der Waals surface area contributed by atoms with Gasteiger partial charge in [0.1, 0.15) is 0 Å². The van der Waals surface area contributed by atoms with Gasteiger partial charge in [-0.15, -0.1) is 0 Å². The Morgan fingerprint density at radius 2 is 1.81 bits per heavy atom. The molecule has 1 unspecified atom stereocenters. The average molecular weight is 351 g/mol. The van der Waals surface area contributed by atoms with Crippen molar-refractivity contribution in [3.8, 4) is 0 Å². The first kappa shape index (κ1) is 17.7. The number of hydroxylamine groups is 1. The fraction of sp³-hybridized carbons (Fsp3) is 0.200. The molecule has 2 aromatic carbocycles. The van der Waals surface area contributed by atoms with Crippen LogP contribution in [0.1, 0.15) is 22.3 Å². The fourth-order valence-corrected chi connectivity index (χ4v) is 3.07. The summed E-state index contributed by atoms with van der Waals surface area (Å²) in [6, 6.07) is 17.0. The van der Waals surface area contributed by atoms with Crippen LogP contribution >= 0.6 is 0 Å². The van der Waals surface area contributed by atoms with Gasteiger partial charge in [-0.1, -0.05) is 36.4 Å². The van der Waals surface area contributed by atoms with Gasteiger partial charge in [-0.05, 0) is 36.3 Å². The van der Waals surface area contributed by atoms with E-state index in [-0.39, 0.29) is 11.9 Å². The Labute approximate surface area is 152 Å². The van der Waals surface area contributed by atoms with Crippen LogP contribution in [0.15, 0.2) is 60.7 Å². The van der Waals surface area contributed by atoms with Gasteiger partial charge in [0.25, 0.3) is 11.8 Å². The number of carbonyl (C=O) groups excluding carboxylic acids is 2. The van der Waals surface area contributed by atoms with Crippen LogP contribution in [0.25, 0.3) is 6.08 Å². The third-order valence-corrected chi connectivity index (χ3v) is 4.36. The summed E-state index contributed by atoms with van der Waals surface area (Å²) in [4.78, 5) is 25.7. The topological polar surface area (TPSA) is 81.7 Å². The highest BCUT2D eigenvalue weighted by Gasteiger charge is 2.25. The van der Waals surface area contributed by atoms with E-state index in [2.05, 4.69) is 10.2 Å². The number of rotatable bonds is 5. The van der Waals surface area contributed by atoms with Crippen LogP contribution in [-0.4, -0.2) is 36.2 Å². The molecule has 26 heavy (non-hydrogen) atoms. The summed E-state index contributed by atoms with van der Waals surface area (Å²) in [5.74, 6) is -0.639. The summed E-state index contributed by atoms with van der Waals surface area (Å²) in [6.07, 6.45) is 3.80. The second kappa shape index (κ2) is 8.31. The smallest absolute Gasteiger partial charge is 0.267 e. The van der Waals surface area contributed by atoms with Crippen LogP contribution < -0.4 is 15.7 Å². The summed E-state index contributed by atoms with van der Waals surface area (Å²) in [6.45, 7) is 1.52. The quantitative estimate of drug-likeness (QED) is 0.438. The Morgan fingerprint density at radius 1 is 1.08 bits per heavy atom. The molecule has 0 bridgehead atoms. The van der Waals surface area contributed by atoms with Gasteiger partial charge in [0.05, 0.1) is 0 Å². The van der Waals surface area contributed by atoms with Crippen molar-refractivity contribution >= 4 is 23.6 Å². The van der Waals surface area contributed by atoms with Crippen molar-refractivity contribution in [2.75, 3.05) is 18.0 Å². The minimum Gasteiger partial charge on any atom is -0.369 e. The Bertz CT molecular complexity index is 805. The highest BCUT2D eigenvalue weighted by Crippen LogP contribution is 2.25. The van der Waals surface area contributed by atoms with E-state index in [1.54, 1.807) is 23.7 Å². The second-order valence-corrected chi connectivity index (χ2v) is 6.14. The highest BCUT2D eigenvalue weighted by atomic mass is 16.5. The molecular weight excluding hydrogens is 330 g/mol. The van der Waals surface area contributed by atoms with Gasteiger partial charge in [0.2, 0.25) is 0 Å². The Kier molecular flexibility index (Phi) is 5.66. The zero-order chi connectivity index (χ0) is 18.4. The van der Waals surface area contributed by atoms with Crippen molar-refractivity contribution in [2.45, 2.75) is 12.5 Å². The predicted molar refractivity (Wildman–Crippen MR) is 99.9 cm³/mol. The Balaban J connectivity index is 1.66. The van der Waals surface area contributed by atoms with E-state index in [9.17, 15) is 9.59 Å². The Morgan fingerprint density at radius 3 is 2.58 bits per heavy atom. The molecule has 0 saturated carbocycles. The van der Waals surface area contributed by atoms with Crippen molar-refractivity contribution in [2.24, 2.45) is 0 Å². The molecule has 6 heteroatoms. The second-order valence-electron chi connectivity index (χ2n) is 6.14. The molecule has 6 nitrogen and oxygen atoms in total. The number of carbonyl (C=O) groups is 2. The molecule has 0 radical (unpaired) electrons. The zero-order valence-corrected chi connectivity index (χ0v) is 14.3. The molecule has 1 atom stereocenters. The first-order valence-electron chi connectivity index (χ1n) is 8.49. The molecule has 0 spiro atoms. The summed E-state index contributed by atoms with van der Waals surface area (Å²) in [5.41, 5.74) is 4.11. The minimum atomic E-state index is -0.575. The number of amides is 2. The fourth-order valence-electron chi connectivity index (χ4n) is 3.07. The summed E-state index contributed by atoms with van der Waals surface area (Å²) < 4.78 is 0. The predicted octanol–water partition coefficient (Wildman–Crippen LogP) is 2.21. The molecule has 2 aromatic rings. The lowest BCUT2D eigenvalue weighted by atomic mass is 10.1. The monoisotopic (exact) mass is 351 g/mol. The van der Waals surface area contributed by atoms with Crippen LogP contribution in [0, 0.1) is 0 Å². The van der Waals surface area contributed by atoms with Crippen LogP contribution in [0.5, 0.6) is 0 Å². The van der Waals surface area contributed by atoms with E-state index in [1.807, 2.05) is 42.5 Å². The Hall–Kier alpha value is -3.12. The van der Waals surface area contributed by atoms with Crippen LogP contribution in [-0.2, 0) is 4.79 Å². The highest BCUT2D eigenvalue weighted by molar-refractivity contribution is 5.94. The lowest BCUT2D eigenvalue weighted by Crippen LogP contribution is -2.37. The molecule has 1 heterocycles. The molecule has 3 rings (SSSR count). The van der Waals surface area contributed by atoms with E-state index in [1.165, 1.54) is 6.08 Å². The minimum absolute atomic E-state index is 0.0646. The van der Waals surface area contributed by atoms with Crippen molar-refractivity contribution in [1.82, 2.24) is 10.8 Å². The molecule has 134 valence electrons. The standard InChI is InChI=1S/C20H21N3O3/c24-19(22-26)11-10-15-6-4-5-9-18(15)23-13-12-17(14-23)21-20(25)16-7-2-1-3-8-16/h1-11,17,26H,12-14H2,(H,21,25)(H,22,24). The number of para-hydroxylation sites is 1. The maximum absolute atomic E-state index is 12.3. The molecule has 0 aliphatic carbocycles. The normalized spacial score (nSPS) is 16.7. The maximum Gasteiger partial charge on any atom is 0.267 e. The number of nitrogens with one attached hydrogen (secondary N) is 2. The van der Waals surface area contributed by atoms with E-state index >= 15 is 0 Å². The average Bonchev–Trinajstić information content (AvgIpc) is 3.15.